The number of rotatable bonds is 1. The topological polar surface area (TPSA) is 39.5 Å². The van der Waals surface area contributed by atoms with Gasteiger partial charge in [-0.3, -0.25) is 14.5 Å². The van der Waals surface area contributed by atoms with Gasteiger partial charge in [-0.05, 0) is 24.3 Å². The third kappa shape index (κ3) is 1.57. The maximum atomic E-state index is 4.39. The van der Waals surface area contributed by atoms with Crippen LogP contribution in [0.5, 0.6) is 0 Å². The monoisotopic (exact) mass is 338 g/mol. The molecule has 0 bridgehead atoms. The van der Waals surface area contributed by atoms with Crippen molar-refractivity contribution >= 4 is 22.1 Å². The fourth-order valence-electron chi connectivity index (χ4n) is 4.28. The quantitative estimate of drug-likeness (QED) is 0.432. The van der Waals surface area contributed by atoms with E-state index >= 15 is 0 Å². The Balaban J connectivity index is 1.87. The first-order valence-electron chi connectivity index (χ1n) is 8.70. The predicted octanol–water partition coefficient (Wildman–Crippen LogP) is 3.23. The van der Waals surface area contributed by atoms with Gasteiger partial charge in [0.25, 0.3) is 5.65 Å². The van der Waals surface area contributed by atoms with Crippen molar-refractivity contribution in [2.24, 2.45) is 7.05 Å². The molecule has 0 unspecified atom stereocenters. The summed E-state index contributed by atoms with van der Waals surface area (Å²) in [6, 6.07) is 14.8. The summed E-state index contributed by atoms with van der Waals surface area (Å²) < 4.78 is 7.01. The zero-order valence-corrected chi connectivity index (χ0v) is 14.3. The molecule has 5 heteroatoms. The first kappa shape index (κ1) is 13.8. The number of nitrogens with zero attached hydrogens (tertiary/aromatic N) is 5. The summed E-state index contributed by atoms with van der Waals surface area (Å²) in [5.74, 6) is 1.19. The van der Waals surface area contributed by atoms with Gasteiger partial charge in [-0.15, -0.1) is 0 Å². The largest absolute Gasteiger partial charge is 0.270 e. The summed E-state index contributed by atoms with van der Waals surface area (Å²) in [4.78, 5) is 8.72. The van der Waals surface area contributed by atoms with Gasteiger partial charge in [0.1, 0.15) is 11.2 Å². The van der Waals surface area contributed by atoms with E-state index in [-0.39, 0.29) is 0 Å². The number of aryl methyl sites for hydroxylation is 1. The summed E-state index contributed by atoms with van der Waals surface area (Å²) in [6.45, 7) is 0.862. The molecule has 5 heterocycles. The molecule has 6 rings (SSSR count). The first-order valence-corrected chi connectivity index (χ1v) is 8.70. The Bertz CT molecular complexity index is 1310. The number of para-hydroxylation sites is 1. The van der Waals surface area contributed by atoms with E-state index in [0.29, 0.717) is 0 Å². The predicted molar refractivity (Wildman–Crippen MR) is 100 cm³/mol. The molecule has 26 heavy (non-hydrogen) atoms. The maximum absolute atomic E-state index is 4.39. The standard InChI is InChI=1S/C21H16N5/c1-24-18-12-23-10-8-16(18)19-21(24)25-13-14-7-9-22-11-17(14)20(25)26(19)15-5-3-2-4-6-15/h2-12H,13H2,1H3/q+1. The van der Waals surface area contributed by atoms with Crippen molar-refractivity contribution < 1.29 is 4.57 Å². The highest BCUT2D eigenvalue weighted by Gasteiger charge is 2.36. The molecule has 0 aliphatic carbocycles. The second kappa shape index (κ2) is 4.79. The molecule has 1 aromatic carbocycles. The second-order valence-corrected chi connectivity index (χ2v) is 6.74. The minimum absolute atomic E-state index is 0.862. The van der Waals surface area contributed by atoms with Gasteiger partial charge in [0.15, 0.2) is 5.52 Å². The smallest absolute Gasteiger partial charge is 0.264 e. The molecule has 0 radical (unpaired) electrons. The Kier molecular flexibility index (Phi) is 2.54. The molecular formula is C21H16N5+. The summed E-state index contributed by atoms with van der Waals surface area (Å²) in [5, 5.41) is 1.22. The van der Waals surface area contributed by atoms with Crippen LogP contribution < -0.4 is 4.57 Å². The van der Waals surface area contributed by atoms with Crippen LogP contribution >= 0.6 is 0 Å². The van der Waals surface area contributed by atoms with Crippen molar-refractivity contribution in [2.45, 2.75) is 6.54 Å². The van der Waals surface area contributed by atoms with E-state index in [1.165, 1.54) is 33.5 Å². The molecule has 0 N–H and O–H groups in total. The lowest BCUT2D eigenvalue weighted by atomic mass is 10.1. The van der Waals surface area contributed by atoms with Gasteiger partial charge in [-0.1, -0.05) is 18.2 Å². The fourth-order valence-corrected chi connectivity index (χ4v) is 4.28. The van der Waals surface area contributed by atoms with Gasteiger partial charge in [-0.25, -0.2) is 9.13 Å². The van der Waals surface area contributed by atoms with Crippen molar-refractivity contribution in [1.29, 1.82) is 0 Å². The van der Waals surface area contributed by atoms with Gasteiger partial charge in [0, 0.05) is 24.2 Å². The van der Waals surface area contributed by atoms with E-state index in [2.05, 4.69) is 73.2 Å². The van der Waals surface area contributed by atoms with Crippen molar-refractivity contribution in [2.75, 3.05) is 0 Å². The lowest BCUT2D eigenvalue weighted by molar-refractivity contribution is -0.648. The molecule has 0 saturated carbocycles. The van der Waals surface area contributed by atoms with E-state index in [9.17, 15) is 0 Å². The normalized spacial score (nSPS) is 12.7. The van der Waals surface area contributed by atoms with Crippen LogP contribution in [-0.2, 0) is 13.6 Å². The summed E-state index contributed by atoms with van der Waals surface area (Å²) in [7, 11) is 2.12. The highest BCUT2D eigenvalue weighted by atomic mass is 15.3. The average molecular weight is 338 g/mol. The zero-order chi connectivity index (χ0) is 17.3. The Labute approximate surface area is 149 Å². The van der Waals surface area contributed by atoms with Gasteiger partial charge < -0.3 is 0 Å². The molecule has 4 aromatic heterocycles. The molecule has 5 aromatic rings. The van der Waals surface area contributed by atoms with Crippen LogP contribution in [0, 0.1) is 0 Å². The number of imidazole rings is 1. The number of fused-ring (bicyclic) bond motifs is 7. The Morgan fingerprint density at radius 3 is 2.65 bits per heavy atom. The third-order valence-corrected chi connectivity index (χ3v) is 5.39. The fraction of sp³-hybridized carbons (Fsp3) is 0.0952. The maximum Gasteiger partial charge on any atom is 0.270 e. The van der Waals surface area contributed by atoms with Crippen LogP contribution in [0.2, 0.25) is 0 Å². The van der Waals surface area contributed by atoms with Gasteiger partial charge in [0.05, 0.1) is 30.7 Å². The van der Waals surface area contributed by atoms with Crippen molar-refractivity contribution in [1.82, 2.24) is 19.1 Å². The molecular weight excluding hydrogens is 322 g/mol. The lowest BCUT2D eigenvalue weighted by Gasteiger charge is -2.04. The molecule has 1 aliphatic rings. The van der Waals surface area contributed by atoms with Crippen LogP contribution in [0.1, 0.15) is 5.56 Å². The van der Waals surface area contributed by atoms with Crippen molar-refractivity contribution in [3.05, 3.63) is 72.8 Å². The third-order valence-electron chi connectivity index (χ3n) is 5.39. The summed E-state index contributed by atoms with van der Waals surface area (Å²) in [6.07, 6.45) is 7.67. The molecule has 0 amide bonds. The number of aromatic nitrogens is 5. The molecule has 5 nitrogen and oxygen atoms in total. The van der Waals surface area contributed by atoms with Crippen molar-refractivity contribution in [3.8, 4) is 17.1 Å². The van der Waals surface area contributed by atoms with Crippen molar-refractivity contribution in [3.63, 3.8) is 0 Å². The summed E-state index contributed by atoms with van der Waals surface area (Å²) >= 11 is 0. The van der Waals surface area contributed by atoms with Crippen LogP contribution in [-0.4, -0.2) is 19.1 Å². The van der Waals surface area contributed by atoms with Gasteiger partial charge in [-0.2, -0.15) is 0 Å². The molecule has 1 aliphatic heterocycles. The van der Waals surface area contributed by atoms with E-state index in [0.717, 1.165) is 17.7 Å². The molecule has 0 fully saturated rings. The van der Waals surface area contributed by atoms with E-state index in [4.69, 9.17) is 0 Å². The van der Waals surface area contributed by atoms with Crippen LogP contribution in [0.15, 0.2) is 67.3 Å². The van der Waals surface area contributed by atoms with E-state index < -0.39 is 0 Å². The first-order chi connectivity index (χ1) is 12.8. The summed E-state index contributed by atoms with van der Waals surface area (Å²) in [5.41, 5.74) is 7.25. The zero-order valence-electron chi connectivity index (χ0n) is 14.3. The molecule has 0 saturated heterocycles. The van der Waals surface area contributed by atoms with Crippen LogP contribution in [0.25, 0.3) is 39.1 Å². The average Bonchev–Trinajstić information content (AvgIpc) is 3.31. The van der Waals surface area contributed by atoms with E-state index in [1.54, 1.807) is 0 Å². The van der Waals surface area contributed by atoms with Gasteiger partial charge in [0.2, 0.25) is 5.82 Å². The number of hydrogen-bond donors (Lipinski definition) is 0. The van der Waals surface area contributed by atoms with Crippen LogP contribution in [0.4, 0.5) is 0 Å². The number of hydrogen-bond acceptors (Lipinski definition) is 2. The highest BCUT2D eigenvalue weighted by Crippen LogP contribution is 2.37. The van der Waals surface area contributed by atoms with Gasteiger partial charge >= 0.3 is 0 Å². The SMILES string of the molecule is Cn1c2cnccc2c2c1[n+]1c(n2-c2ccccc2)-c2cnccc2C1. The Hall–Kier alpha value is -3.47. The minimum Gasteiger partial charge on any atom is -0.264 e. The van der Waals surface area contributed by atoms with E-state index in [1.807, 2.05) is 24.8 Å². The minimum atomic E-state index is 0.862. The van der Waals surface area contributed by atoms with Crippen LogP contribution in [0.3, 0.4) is 0 Å². The molecule has 124 valence electrons. The highest BCUT2D eigenvalue weighted by molar-refractivity contribution is 6.05. The number of benzene rings is 1. The molecule has 0 atom stereocenters. The molecule has 0 spiro atoms. The lowest BCUT2D eigenvalue weighted by Crippen LogP contribution is -2.33. The second-order valence-electron chi connectivity index (χ2n) is 6.74. The Morgan fingerprint density at radius 1 is 0.962 bits per heavy atom. The Morgan fingerprint density at radius 2 is 1.77 bits per heavy atom. The number of pyridine rings is 2.